The van der Waals surface area contributed by atoms with Crippen LogP contribution in [0.15, 0.2) is 22.8 Å². The summed E-state index contributed by atoms with van der Waals surface area (Å²) in [6, 6.07) is 3.80. The molecule has 0 spiro atoms. The van der Waals surface area contributed by atoms with Gasteiger partial charge in [-0.05, 0) is 35.0 Å². The Labute approximate surface area is 80.0 Å². The van der Waals surface area contributed by atoms with Gasteiger partial charge in [-0.15, -0.1) is 0 Å². The average Bonchev–Trinajstić information content (AvgIpc) is 2.09. The number of anilines is 1. The van der Waals surface area contributed by atoms with Crippen LogP contribution in [0.4, 0.5) is 5.82 Å². The average molecular weight is 231 g/mol. The number of aliphatic hydroxyl groups excluding tert-OH is 1. The highest BCUT2D eigenvalue weighted by atomic mass is 79.9. The Bertz CT molecular complexity index is 237. The van der Waals surface area contributed by atoms with Gasteiger partial charge in [-0.1, -0.05) is 0 Å². The smallest absolute Gasteiger partial charge is 0.126 e. The van der Waals surface area contributed by atoms with E-state index in [4.69, 9.17) is 5.11 Å². The lowest BCUT2D eigenvalue weighted by Gasteiger charge is -2.10. The Kier molecular flexibility index (Phi) is 3.49. The van der Waals surface area contributed by atoms with Crippen molar-refractivity contribution in [3.8, 4) is 0 Å². The molecule has 0 aliphatic heterocycles. The molecule has 0 aromatic carbocycles. The molecule has 12 heavy (non-hydrogen) atoms. The van der Waals surface area contributed by atoms with E-state index in [0.717, 1.165) is 10.3 Å². The molecule has 0 saturated heterocycles. The Morgan fingerprint density at radius 3 is 2.92 bits per heavy atom. The molecule has 1 aromatic heterocycles. The zero-order valence-electron chi connectivity index (χ0n) is 6.79. The molecular formula is C8H11BrN2O. The number of nitrogens with one attached hydrogen (secondary N) is 1. The highest BCUT2D eigenvalue weighted by molar-refractivity contribution is 9.10. The largest absolute Gasteiger partial charge is 0.394 e. The van der Waals surface area contributed by atoms with Gasteiger partial charge >= 0.3 is 0 Å². The van der Waals surface area contributed by atoms with E-state index in [9.17, 15) is 0 Å². The first-order chi connectivity index (χ1) is 5.72. The number of rotatable bonds is 3. The number of nitrogens with zero attached hydrogens (tertiary/aromatic N) is 1. The van der Waals surface area contributed by atoms with Gasteiger partial charge in [0.15, 0.2) is 0 Å². The van der Waals surface area contributed by atoms with Gasteiger partial charge in [0.2, 0.25) is 0 Å². The van der Waals surface area contributed by atoms with Crippen LogP contribution in [0, 0.1) is 0 Å². The van der Waals surface area contributed by atoms with E-state index in [-0.39, 0.29) is 12.6 Å². The maximum atomic E-state index is 8.75. The van der Waals surface area contributed by atoms with Gasteiger partial charge in [0.25, 0.3) is 0 Å². The molecule has 0 unspecified atom stereocenters. The summed E-state index contributed by atoms with van der Waals surface area (Å²) in [5.41, 5.74) is 0. The second-order valence-corrected chi connectivity index (χ2v) is 3.51. The van der Waals surface area contributed by atoms with E-state index >= 15 is 0 Å². The Morgan fingerprint density at radius 1 is 1.67 bits per heavy atom. The third-order valence-corrected chi connectivity index (χ3v) is 1.86. The van der Waals surface area contributed by atoms with Crippen LogP contribution in [0.3, 0.4) is 0 Å². The summed E-state index contributed by atoms with van der Waals surface area (Å²) in [7, 11) is 0. The fourth-order valence-corrected chi connectivity index (χ4v) is 0.994. The summed E-state index contributed by atoms with van der Waals surface area (Å²) in [5, 5.41) is 11.8. The van der Waals surface area contributed by atoms with Crippen LogP contribution >= 0.6 is 15.9 Å². The fraction of sp³-hybridized carbons (Fsp3) is 0.375. The molecule has 1 aromatic rings. The highest BCUT2D eigenvalue weighted by Gasteiger charge is 1.99. The lowest BCUT2D eigenvalue weighted by atomic mass is 10.3. The summed E-state index contributed by atoms with van der Waals surface area (Å²) in [6.45, 7) is 2.00. The molecule has 0 fully saturated rings. The van der Waals surface area contributed by atoms with Crippen LogP contribution in [-0.4, -0.2) is 22.7 Å². The SMILES string of the molecule is C[C@H](CO)Nc1ccc(Br)cn1. The van der Waals surface area contributed by atoms with Gasteiger partial charge in [0.1, 0.15) is 5.82 Å². The first-order valence-corrected chi connectivity index (χ1v) is 4.50. The number of hydrogen-bond donors (Lipinski definition) is 2. The third-order valence-electron chi connectivity index (χ3n) is 1.40. The molecule has 3 nitrogen and oxygen atoms in total. The first kappa shape index (κ1) is 9.48. The van der Waals surface area contributed by atoms with Crippen molar-refractivity contribution in [2.75, 3.05) is 11.9 Å². The molecule has 0 bridgehead atoms. The van der Waals surface area contributed by atoms with Crippen molar-refractivity contribution in [1.29, 1.82) is 0 Å². The van der Waals surface area contributed by atoms with Gasteiger partial charge in [0.05, 0.1) is 6.61 Å². The summed E-state index contributed by atoms with van der Waals surface area (Å²) in [4.78, 5) is 4.10. The van der Waals surface area contributed by atoms with E-state index in [1.807, 2.05) is 19.1 Å². The summed E-state index contributed by atoms with van der Waals surface area (Å²) < 4.78 is 0.949. The van der Waals surface area contributed by atoms with Crippen molar-refractivity contribution >= 4 is 21.7 Å². The quantitative estimate of drug-likeness (QED) is 0.831. The van der Waals surface area contributed by atoms with Crippen molar-refractivity contribution in [1.82, 2.24) is 4.98 Å². The molecule has 0 amide bonds. The van der Waals surface area contributed by atoms with E-state index < -0.39 is 0 Å². The summed E-state index contributed by atoms with van der Waals surface area (Å²) in [6.07, 6.45) is 1.71. The third kappa shape index (κ3) is 2.79. The highest BCUT2D eigenvalue weighted by Crippen LogP contribution is 2.10. The molecule has 0 aliphatic carbocycles. The van der Waals surface area contributed by atoms with E-state index in [1.165, 1.54) is 0 Å². The van der Waals surface area contributed by atoms with Gasteiger partial charge < -0.3 is 10.4 Å². The number of aromatic nitrogens is 1. The molecule has 0 radical (unpaired) electrons. The Morgan fingerprint density at radius 2 is 2.42 bits per heavy atom. The zero-order valence-corrected chi connectivity index (χ0v) is 8.37. The molecule has 66 valence electrons. The molecule has 1 atom stereocenters. The minimum absolute atomic E-state index is 0.0404. The molecule has 4 heteroatoms. The fourth-order valence-electron chi connectivity index (χ4n) is 0.759. The second kappa shape index (κ2) is 4.42. The van der Waals surface area contributed by atoms with Crippen molar-refractivity contribution in [3.05, 3.63) is 22.8 Å². The predicted molar refractivity (Wildman–Crippen MR) is 52.1 cm³/mol. The topological polar surface area (TPSA) is 45.1 Å². The van der Waals surface area contributed by atoms with Gasteiger partial charge in [-0.2, -0.15) is 0 Å². The van der Waals surface area contributed by atoms with Crippen molar-refractivity contribution in [2.45, 2.75) is 13.0 Å². The van der Waals surface area contributed by atoms with Crippen LogP contribution in [0.2, 0.25) is 0 Å². The Hall–Kier alpha value is -0.610. The summed E-state index contributed by atoms with van der Waals surface area (Å²) >= 11 is 3.29. The molecular weight excluding hydrogens is 220 g/mol. The maximum absolute atomic E-state index is 8.75. The normalized spacial score (nSPS) is 12.6. The second-order valence-electron chi connectivity index (χ2n) is 2.59. The van der Waals surface area contributed by atoms with Crippen molar-refractivity contribution in [3.63, 3.8) is 0 Å². The van der Waals surface area contributed by atoms with Crippen LogP contribution in [0.1, 0.15) is 6.92 Å². The lowest BCUT2D eigenvalue weighted by Crippen LogP contribution is -2.19. The molecule has 0 saturated carbocycles. The van der Waals surface area contributed by atoms with E-state index in [2.05, 4.69) is 26.2 Å². The monoisotopic (exact) mass is 230 g/mol. The van der Waals surface area contributed by atoms with Crippen LogP contribution < -0.4 is 5.32 Å². The Balaban J connectivity index is 2.58. The molecule has 1 heterocycles. The number of halogens is 1. The van der Waals surface area contributed by atoms with Crippen molar-refractivity contribution in [2.24, 2.45) is 0 Å². The minimum Gasteiger partial charge on any atom is -0.394 e. The number of hydrogen-bond acceptors (Lipinski definition) is 3. The lowest BCUT2D eigenvalue weighted by molar-refractivity contribution is 0.281. The molecule has 0 aliphatic rings. The van der Waals surface area contributed by atoms with E-state index in [0.29, 0.717) is 0 Å². The maximum Gasteiger partial charge on any atom is 0.126 e. The summed E-state index contributed by atoms with van der Waals surface area (Å²) in [5.74, 6) is 0.778. The predicted octanol–water partition coefficient (Wildman–Crippen LogP) is 1.64. The zero-order chi connectivity index (χ0) is 8.97. The standard InChI is InChI=1S/C8H11BrN2O/c1-6(5-12)11-8-3-2-7(9)4-10-8/h2-4,6,12H,5H2,1H3,(H,10,11)/t6-/m1/s1. The minimum atomic E-state index is 0.0404. The molecule has 2 N–H and O–H groups in total. The first-order valence-electron chi connectivity index (χ1n) is 3.71. The van der Waals surface area contributed by atoms with Gasteiger partial charge in [0, 0.05) is 16.7 Å². The molecule has 1 rings (SSSR count). The number of aliphatic hydroxyl groups is 1. The van der Waals surface area contributed by atoms with Crippen molar-refractivity contribution < 1.29 is 5.11 Å². The number of pyridine rings is 1. The van der Waals surface area contributed by atoms with E-state index in [1.54, 1.807) is 6.20 Å². The van der Waals surface area contributed by atoms with Crippen LogP contribution in [0.25, 0.3) is 0 Å². The van der Waals surface area contributed by atoms with Gasteiger partial charge in [-0.3, -0.25) is 0 Å². The van der Waals surface area contributed by atoms with Gasteiger partial charge in [-0.25, -0.2) is 4.98 Å². The van der Waals surface area contributed by atoms with Crippen LogP contribution in [-0.2, 0) is 0 Å². The van der Waals surface area contributed by atoms with Crippen LogP contribution in [0.5, 0.6) is 0 Å².